The molecule has 0 unspecified atom stereocenters. The Labute approximate surface area is 911 Å². The lowest BCUT2D eigenvalue weighted by Gasteiger charge is -2.09. The van der Waals surface area contributed by atoms with Crippen LogP contribution < -0.4 is 72.4 Å². The molecule has 0 atom stereocenters. The number of halogens is 17. The van der Waals surface area contributed by atoms with Crippen LogP contribution in [0.15, 0.2) is 109 Å². The van der Waals surface area contributed by atoms with Crippen LogP contribution in [0, 0.1) is 60.7 Å². The van der Waals surface area contributed by atoms with Crippen molar-refractivity contribution >= 4 is 502 Å². The summed E-state index contributed by atoms with van der Waals surface area (Å²) >= 11 is 36.9. The normalized spacial score (nSPS) is 9.92. The molecule has 0 aliphatic carbocycles. The van der Waals surface area contributed by atoms with Crippen molar-refractivity contribution in [3.63, 3.8) is 0 Å². The molecule has 119 heavy (non-hydrogen) atoms. The van der Waals surface area contributed by atoms with Gasteiger partial charge >= 0.3 is 24.2 Å². The lowest BCUT2D eigenvalue weighted by Crippen LogP contribution is -2.28. The van der Waals surface area contributed by atoms with Gasteiger partial charge in [-0.3, -0.25) is 35.1 Å². The molecule has 0 radical (unpaired) electrons. The fourth-order valence-electron chi connectivity index (χ4n) is 7.30. The molecule has 0 saturated heterocycles. The van der Waals surface area contributed by atoms with E-state index in [1.807, 2.05) is 72.8 Å². The Bertz CT molecular complexity index is 4540. The van der Waals surface area contributed by atoms with Crippen molar-refractivity contribution in [2.45, 2.75) is 77.0 Å². The Kier molecular flexibility index (Phi) is 63.0. The van der Waals surface area contributed by atoms with Crippen molar-refractivity contribution in [1.29, 1.82) is 0 Å². The highest BCUT2D eigenvalue weighted by molar-refractivity contribution is 14.1. The number of ether oxygens (including phenoxy) is 4. The van der Waals surface area contributed by atoms with Crippen LogP contribution in [0.4, 0.5) is 48.5 Å². The largest absolute Gasteiger partial charge is 0.550 e. The number of nitrogens with one attached hydrogen (secondary N) is 6. The fourth-order valence-corrected chi connectivity index (χ4v) is 20.3. The van der Waals surface area contributed by atoms with E-state index in [1.54, 1.807) is 36.4 Å². The Morgan fingerprint density at radius 2 is 0.588 bits per heavy atom. The maximum atomic E-state index is 11.6. The first-order valence-electron chi connectivity index (χ1n) is 32.2. The van der Waals surface area contributed by atoms with Crippen molar-refractivity contribution < 1.29 is 122 Å². The minimum atomic E-state index is -1.38. The van der Waals surface area contributed by atoms with Gasteiger partial charge in [-0.15, -0.1) is 0 Å². The van der Waals surface area contributed by atoms with Crippen LogP contribution in [-0.2, 0) is 67.0 Å². The molecule has 0 aliphatic heterocycles. The minimum absolute atomic E-state index is 0.0593. The summed E-state index contributed by atoms with van der Waals surface area (Å²) in [5.74, 6) is -9.77. The summed E-state index contributed by atoms with van der Waals surface area (Å²) in [5, 5.41) is 86.6. The van der Waals surface area contributed by atoms with Crippen molar-refractivity contribution in [2.24, 2.45) is 0 Å². The van der Waals surface area contributed by atoms with E-state index >= 15 is 0 Å². The van der Waals surface area contributed by atoms with Crippen LogP contribution >= 0.6 is 384 Å². The number of benzene rings is 7. The zero-order valence-electron chi connectivity index (χ0n) is 59.6. The number of anilines is 6. The summed E-state index contributed by atoms with van der Waals surface area (Å²) in [6.07, 6.45) is -3.48. The van der Waals surface area contributed by atoms with Gasteiger partial charge in [0.1, 0.15) is 0 Å². The average molecular weight is 3550 g/mol. The maximum Gasteiger partial charge on any atom is 0.411 e. The lowest BCUT2D eigenvalue weighted by molar-refractivity contribution is -0.307. The third-order valence-corrected chi connectivity index (χ3v) is 35.7. The Morgan fingerprint density at radius 1 is 0.261 bits per heavy atom. The molecule has 48 heteroatoms. The molecule has 7 aromatic carbocycles. The van der Waals surface area contributed by atoms with Crippen molar-refractivity contribution in [2.75, 3.05) is 51.7 Å². The van der Waals surface area contributed by atoms with Gasteiger partial charge in [0.15, 0.2) is 5.75 Å². The number of rotatable bonds is 29. The molecule has 0 fully saturated rings. The van der Waals surface area contributed by atoms with Crippen LogP contribution in [-0.4, -0.2) is 104 Å². The molecule has 6 amide bonds. The van der Waals surface area contributed by atoms with Crippen molar-refractivity contribution in [1.82, 2.24) is 0 Å². The molecule has 7 aromatic rings. The second-order valence-corrected chi connectivity index (χ2v) is 41.5. The minimum Gasteiger partial charge on any atom is -0.550 e. The highest BCUT2D eigenvalue weighted by Crippen LogP contribution is 2.32. The molecular weight excluding hydrogens is 3490 g/mol. The van der Waals surface area contributed by atoms with E-state index in [-0.39, 0.29) is 95.8 Å². The highest BCUT2D eigenvalue weighted by atomic mass is 127. The summed E-state index contributed by atoms with van der Waals surface area (Å²) in [6, 6.07) is 32.8. The van der Waals surface area contributed by atoms with Crippen LogP contribution in [0.1, 0.15) is 77.0 Å². The third kappa shape index (κ3) is 56.1. The summed E-state index contributed by atoms with van der Waals surface area (Å²) in [5.41, 5.74) is 3.87. The Balaban J connectivity index is 0.000000694. The fraction of sp³-hybridized carbons (Fsp3) is 0.211. The van der Waals surface area contributed by atoms with Gasteiger partial charge in [-0.05, 0) is 526 Å². The van der Waals surface area contributed by atoms with Gasteiger partial charge in [-0.25, -0.2) is 14.4 Å². The number of amides is 6. The third-order valence-electron chi connectivity index (χ3n) is 12.4. The van der Waals surface area contributed by atoms with Gasteiger partial charge in [-0.2, -0.15) is 0 Å². The Hall–Kier alpha value is -1.07. The molecule has 31 nitrogen and oxygen atoms in total. The number of aliphatic carboxylic acids is 7. The number of hydrogen-bond donors (Lipinski definition) is 6. The SMILES string of the molecule is O=C([O-])CC(=O)Nc1cc(I)c(I)c(I)c1.O=C([O-])CCC(=O)Nc1cc(I)c(I)c(I)c1.O=C([O-])CCC(=O)Oc1c(I)cc(I)cc1I.O=C([O-])CCCC(=O)Nc1cc(I)c(I)c(I)c1.O=C([O-])CCCOC(=O)Nc1cccc(I)c1.O=C([O-])CCOC(=O)Nc1cc(I)c(I)c(I)c1.O=C([O-])CCOC(=O)Nc1ccc(I)cc1. The monoisotopic (exact) mass is 3550 g/mol. The quantitative estimate of drug-likeness (QED) is 0.00482. The summed E-state index contributed by atoms with van der Waals surface area (Å²) in [7, 11) is 0. The topological polar surface area (TPSA) is 509 Å². The smallest absolute Gasteiger partial charge is 0.411 e. The van der Waals surface area contributed by atoms with E-state index in [4.69, 9.17) is 9.47 Å². The van der Waals surface area contributed by atoms with Gasteiger partial charge in [-0.1, -0.05) is 6.07 Å². The number of carbonyl (C=O) groups excluding carboxylic acids is 14. The van der Waals surface area contributed by atoms with Crippen LogP contribution in [0.3, 0.4) is 0 Å². The van der Waals surface area contributed by atoms with E-state index < -0.39 is 78.4 Å². The van der Waals surface area contributed by atoms with E-state index in [0.717, 1.165) is 66.4 Å². The standard InChI is InChI=1S/C11H10I3NO3.C11H12INO4.C10H8I3NO4.C10H8I3NO3.C10H7I3O4.C10H10INO4.C9H6I3NO3/c12-7-4-6(5-8(13)11(7)14)15-9(16)2-1-3-10(17)18;12-8-3-1-4-9(7-8)13-11(16)17-6-2-5-10(14)15;11-6-3-5(4-7(12)9(6)13)14-10(17)18-2-1-8(15)16;11-6-3-5(4-7(12)10(6)13)14-8(15)1-2-9(16)17;11-5-3-6(12)10(7(13)4-5)17-9(16)2-1-8(14)15;11-7-1-3-8(4-2-7)12-10(15)16-6-5-9(13)14;10-5-1-4(2-6(11)9(5)12)13-7(14)3-8(15)16/h4-5H,1-3H2,(H,15,16)(H,17,18);1,3-4,7H,2,5-6H2,(H,13,16)(H,14,15);3-4H,1-2H2,(H,14,17)(H,15,16);3-4H,1-2H2,(H,14,15)(H,16,17);3-4H,1-2H2,(H,14,15);1-4H,5-6H2,(H,12,15)(H,13,14);1-2H,3H2,(H,13,14)(H,15,16)/p-7. The molecule has 6 N–H and O–H groups in total. The Morgan fingerprint density at radius 3 is 0.958 bits per heavy atom. The molecule has 644 valence electrons. The van der Waals surface area contributed by atoms with E-state index in [2.05, 4.69) is 425 Å². The van der Waals surface area contributed by atoms with Crippen LogP contribution in [0.2, 0.25) is 0 Å². The molecule has 0 aromatic heterocycles. The predicted molar refractivity (Wildman–Crippen MR) is 568 cm³/mol. The number of carbonyl (C=O) groups is 14. The molecule has 0 bridgehead atoms. The zero-order chi connectivity index (χ0) is 90.3. The average Bonchev–Trinajstić information content (AvgIpc) is 0.870. The number of carboxylic acid groups (broad SMARTS) is 7. The second kappa shape index (κ2) is 64.6. The van der Waals surface area contributed by atoms with Crippen molar-refractivity contribution in [3.05, 3.63) is 170 Å². The maximum absolute atomic E-state index is 11.6. The van der Waals surface area contributed by atoms with Crippen molar-refractivity contribution in [3.8, 4) is 5.75 Å². The first-order chi connectivity index (χ1) is 55.6. The summed E-state index contributed by atoms with van der Waals surface area (Å²) in [6.45, 7) is -0.338. The number of hydrogen-bond acceptors (Lipinski definition) is 25. The van der Waals surface area contributed by atoms with Gasteiger partial charge < -0.3 is 104 Å². The van der Waals surface area contributed by atoms with Gasteiger partial charge in [0, 0.05) is 149 Å². The van der Waals surface area contributed by atoms with Gasteiger partial charge in [0.25, 0.3) is 0 Å². The molecule has 0 saturated carbocycles. The number of carboxylic acids is 7. The second-order valence-electron chi connectivity index (χ2n) is 21.9. The van der Waals surface area contributed by atoms with E-state index in [0.29, 0.717) is 40.6 Å². The zero-order valence-corrected chi connectivity index (χ0v) is 96.3. The molecule has 0 aliphatic rings. The lowest BCUT2D eigenvalue weighted by atomic mass is 10.2. The highest BCUT2D eigenvalue weighted by Gasteiger charge is 2.16. The van der Waals surface area contributed by atoms with Crippen LogP contribution in [0.25, 0.3) is 0 Å². The first-order valence-corrected chi connectivity index (χ1v) is 50.5. The van der Waals surface area contributed by atoms with E-state index in [9.17, 15) is 103 Å². The van der Waals surface area contributed by atoms with Crippen LogP contribution in [0.5, 0.6) is 5.75 Å². The summed E-state index contributed by atoms with van der Waals surface area (Å²) in [4.78, 5) is 150. The molecule has 0 heterocycles. The summed E-state index contributed by atoms with van der Waals surface area (Å²) < 4.78 is 36.8. The molecule has 7 rings (SSSR count). The van der Waals surface area contributed by atoms with E-state index in [1.165, 1.54) is 0 Å². The molecule has 0 spiro atoms. The van der Waals surface area contributed by atoms with Gasteiger partial charge in [0.2, 0.25) is 17.7 Å². The predicted octanol–water partition coefficient (Wildman–Crippen LogP) is 12.4. The molecular formula is C71H54I17N6O25-7. The first kappa shape index (κ1) is 116. The number of esters is 1. The van der Waals surface area contributed by atoms with Gasteiger partial charge in [0.05, 0.1) is 45.8 Å².